The van der Waals surface area contributed by atoms with Crippen LogP contribution in [0.1, 0.15) is 35.4 Å². The zero-order valence-electron chi connectivity index (χ0n) is 17.9. The number of hydrogen-bond acceptors (Lipinski definition) is 6. The van der Waals surface area contributed by atoms with Crippen molar-refractivity contribution in [1.29, 1.82) is 0 Å². The maximum absolute atomic E-state index is 9.60. The highest BCUT2D eigenvalue weighted by Gasteiger charge is 2.28. The van der Waals surface area contributed by atoms with Gasteiger partial charge < -0.3 is 20.1 Å². The molecular formula is C24H30N4O2. The molecule has 0 aliphatic carbocycles. The van der Waals surface area contributed by atoms with Crippen LogP contribution in [0, 0.1) is 6.92 Å². The van der Waals surface area contributed by atoms with Crippen molar-refractivity contribution in [3.63, 3.8) is 0 Å². The van der Waals surface area contributed by atoms with Crippen molar-refractivity contribution >= 4 is 16.6 Å². The third-order valence-corrected chi connectivity index (χ3v) is 5.96. The van der Waals surface area contributed by atoms with Gasteiger partial charge in [-0.2, -0.15) is 0 Å². The lowest BCUT2D eigenvalue weighted by Gasteiger charge is -2.34. The predicted molar refractivity (Wildman–Crippen MR) is 120 cm³/mol. The molecule has 2 unspecified atom stereocenters. The number of anilines is 1. The summed E-state index contributed by atoms with van der Waals surface area (Å²) in [5, 5.41) is 15.3. The van der Waals surface area contributed by atoms with Gasteiger partial charge in [0.25, 0.3) is 0 Å². The molecule has 2 aromatic carbocycles. The fourth-order valence-electron chi connectivity index (χ4n) is 4.51. The second-order valence-electron chi connectivity index (χ2n) is 7.97. The molecule has 158 valence electrons. The number of fused-ring (bicyclic) bond motifs is 2. The highest BCUT2D eigenvalue weighted by molar-refractivity contribution is 5.89. The Labute approximate surface area is 177 Å². The molecule has 6 heteroatoms. The van der Waals surface area contributed by atoms with Crippen LogP contribution in [0.15, 0.2) is 42.7 Å². The molecule has 0 spiro atoms. The summed E-state index contributed by atoms with van der Waals surface area (Å²) >= 11 is 0. The third-order valence-electron chi connectivity index (χ3n) is 5.96. The van der Waals surface area contributed by atoms with Gasteiger partial charge in [0.05, 0.1) is 25.0 Å². The van der Waals surface area contributed by atoms with Crippen LogP contribution in [0.4, 0.5) is 5.82 Å². The number of likely N-dealkylation sites (N-methyl/N-ethyl adjacent to an activating group) is 1. The van der Waals surface area contributed by atoms with Crippen LogP contribution in [-0.4, -0.2) is 47.9 Å². The molecule has 0 bridgehead atoms. The van der Waals surface area contributed by atoms with E-state index in [4.69, 9.17) is 4.74 Å². The molecule has 6 nitrogen and oxygen atoms in total. The molecule has 0 saturated carbocycles. The summed E-state index contributed by atoms with van der Waals surface area (Å²) in [7, 11) is 1.93. The highest BCUT2D eigenvalue weighted by atomic mass is 16.5. The van der Waals surface area contributed by atoms with E-state index in [2.05, 4.69) is 70.4 Å². The standard InChI is InChI=1S/C24H30N4O2/c1-16-6-4-7-18-8-5-9-19(23(16)18)22-12-21-20(14-30-22)24(27-15-26-21)28(10-11-29)17(2)13-25-3/h4-9,15,17,22,25,29H,10-14H2,1-3H3. The molecule has 0 amide bonds. The molecule has 30 heavy (non-hydrogen) atoms. The Hall–Kier alpha value is -2.54. The lowest BCUT2D eigenvalue weighted by atomic mass is 9.92. The molecule has 1 aliphatic rings. The van der Waals surface area contributed by atoms with Crippen molar-refractivity contribution in [3.8, 4) is 0 Å². The maximum atomic E-state index is 9.60. The van der Waals surface area contributed by atoms with Crippen LogP contribution in [0.2, 0.25) is 0 Å². The molecule has 0 radical (unpaired) electrons. The molecule has 3 aromatic rings. The van der Waals surface area contributed by atoms with Crippen molar-refractivity contribution in [2.24, 2.45) is 0 Å². The van der Waals surface area contributed by atoms with E-state index in [1.54, 1.807) is 6.33 Å². The lowest BCUT2D eigenvalue weighted by Crippen LogP contribution is -2.42. The molecule has 4 rings (SSSR count). The predicted octanol–water partition coefficient (Wildman–Crippen LogP) is 3.16. The van der Waals surface area contributed by atoms with Gasteiger partial charge in [-0.05, 0) is 42.8 Å². The summed E-state index contributed by atoms with van der Waals surface area (Å²) in [5.41, 5.74) is 4.53. The Morgan fingerprint density at radius 1 is 1.23 bits per heavy atom. The summed E-state index contributed by atoms with van der Waals surface area (Å²) in [6, 6.07) is 13.0. The average molecular weight is 407 g/mol. The van der Waals surface area contributed by atoms with Crippen LogP contribution in [0.3, 0.4) is 0 Å². The highest BCUT2D eigenvalue weighted by Crippen LogP contribution is 2.37. The summed E-state index contributed by atoms with van der Waals surface area (Å²) in [5.74, 6) is 0.865. The number of aliphatic hydroxyl groups excluding tert-OH is 1. The Morgan fingerprint density at radius 2 is 2.03 bits per heavy atom. The number of nitrogens with zero attached hydrogens (tertiary/aromatic N) is 3. The molecular weight excluding hydrogens is 376 g/mol. The van der Waals surface area contributed by atoms with E-state index >= 15 is 0 Å². The zero-order chi connectivity index (χ0) is 21.1. The topological polar surface area (TPSA) is 70.5 Å². The summed E-state index contributed by atoms with van der Waals surface area (Å²) in [4.78, 5) is 11.3. The Balaban J connectivity index is 1.69. The molecule has 1 aromatic heterocycles. The van der Waals surface area contributed by atoms with Gasteiger partial charge in [0, 0.05) is 31.1 Å². The Kier molecular flexibility index (Phi) is 6.27. The minimum atomic E-state index is -0.0360. The maximum Gasteiger partial charge on any atom is 0.138 e. The number of aryl methyl sites for hydroxylation is 1. The Morgan fingerprint density at radius 3 is 2.80 bits per heavy atom. The summed E-state index contributed by atoms with van der Waals surface area (Å²) in [6.07, 6.45) is 2.32. The SMILES string of the molecule is CNCC(C)N(CCO)c1ncnc2c1COC(c1cccc3cccc(C)c13)C2. The largest absolute Gasteiger partial charge is 0.395 e. The van der Waals surface area contributed by atoms with Crippen LogP contribution in [-0.2, 0) is 17.8 Å². The number of rotatable bonds is 7. The minimum Gasteiger partial charge on any atom is -0.395 e. The number of nitrogens with one attached hydrogen (secondary N) is 1. The summed E-state index contributed by atoms with van der Waals surface area (Å²) in [6.45, 7) is 6.15. The Bertz CT molecular complexity index is 1020. The van der Waals surface area contributed by atoms with Gasteiger partial charge in [-0.15, -0.1) is 0 Å². The second-order valence-corrected chi connectivity index (χ2v) is 7.97. The number of hydrogen-bond donors (Lipinski definition) is 2. The van der Waals surface area contributed by atoms with Gasteiger partial charge in [-0.1, -0.05) is 36.4 Å². The van der Waals surface area contributed by atoms with Crippen LogP contribution < -0.4 is 10.2 Å². The number of benzene rings is 2. The van der Waals surface area contributed by atoms with Crippen molar-refractivity contribution in [2.45, 2.75) is 39.0 Å². The second kappa shape index (κ2) is 9.08. The van der Waals surface area contributed by atoms with Gasteiger partial charge in [0.1, 0.15) is 12.1 Å². The van der Waals surface area contributed by atoms with Crippen molar-refractivity contribution in [3.05, 3.63) is 65.1 Å². The number of aliphatic hydroxyl groups is 1. The van der Waals surface area contributed by atoms with E-state index in [1.165, 1.54) is 21.9 Å². The average Bonchev–Trinajstić information content (AvgIpc) is 2.77. The quantitative estimate of drug-likeness (QED) is 0.628. The first-order valence-corrected chi connectivity index (χ1v) is 10.6. The molecule has 1 aliphatic heterocycles. The van der Waals surface area contributed by atoms with Gasteiger partial charge in [0.15, 0.2) is 0 Å². The van der Waals surface area contributed by atoms with Crippen LogP contribution in [0.5, 0.6) is 0 Å². The van der Waals surface area contributed by atoms with Gasteiger partial charge in [-0.25, -0.2) is 9.97 Å². The first-order valence-electron chi connectivity index (χ1n) is 10.6. The molecule has 2 atom stereocenters. The van der Waals surface area contributed by atoms with Crippen molar-refractivity contribution in [1.82, 2.24) is 15.3 Å². The van der Waals surface area contributed by atoms with Crippen molar-refractivity contribution in [2.75, 3.05) is 31.6 Å². The van der Waals surface area contributed by atoms with E-state index in [0.29, 0.717) is 19.6 Å². The van der Waals surface area contributed by atoms with Gasteiger partial charge >= 0.3 is 0 Å². The van der Waals surface area contributed by atoms with E-state index in [1.807, 2.05) is 7.05 Å². The summed E-state index contributed by atoms with van der Waals surface area (Å²) < 4.78 is 6.38. The number of aromatic nitrogens is 2. The van der Waals surface area contributed by atoms with Gasteiger partial charge in [-0.3, -0.25) is 0 Å². The van der Waals surface area contributed by atoms with Gasteiger partial charge in [0.2, 0.25) is 0 Å². The monoisotopic (exact) mass is 406 g/mol. The normalized spacial score (nSPS) is 17.0. The minimum absolute atomic E-state index is 0.0360. The van der Waals surface area contributed by atoms with E-state index in [0.717, 1.165) is 23.6 Å². The molecule has 0 fully saturated rings. The van der Waals surface area contributed by atoms with E-state index in [-0.39, 0.29) is 18.8 Å². The number of ether oxygens (including phenoxy) is 1. The fraction of sp³-hybridized carbons (Fsp3) is 0.417. The van der Waals surface area contributed by atoms with Crippen LogP contribution >= 0.6 is 0 Å². The van der Waals surface area contributed by atoms with Crippen molar-refractivity contribution < 1.29 is 9.84 Å². The first kappa shape index (κ1) is 20.7. The molecule has 2 N–H and O–H groups in total. The van der Waals surface area contributed by atoms with E-state index in [9.17, 15) is 5.11 Å². The molecule has 0 saturated heterocycles. The fourth-order valence-corrected chi connectivity index (χ4v) is 4.51. The van der Waals surface area contributed by atoms with E-state index < -0.39 is 0 Å². The smallest absolute Gasteiger partial charge is 0.138 e. The zero-order valence-corrected chi connectivity index (χ0v) is 17.9. The third kappa shape index (κ3) is 3.90. The lowest BCUT2D eigenvalue weighted by molar-refractivity contribution is 0.0269. The molecule has 2 heterocycles. The first-order chi connectivity index (χ1) is 14.6. The van der Waals surface area contributed by atoms with Crippen LogP contribution in [0.25, 0.3) is 10.8 Å².